The van der Waals surface area contributed by atoms with E-state index in [9.17, 15) is 4.79 Å². The molecule has 1 N–H and O–H groups in total. The van der Waals surface area contributed by atoms with Gasteiger partial charge in [-0.15, -0.1) is 10.2 Å². The van der Waals surface area contributed by atoms with Crippen molar-refractivity contribution in [1.82, 2.24) is 20.1 Å². The maximum absolute atomic E-state index is 12.1. The fraction of sp³-hybridized carbons (Fsp3) is 0.381. The number of benzene rings is 1. The highest BCUT2D eigenvalue weighted by atomic mass is 32.2. The summed E-state index contributed by atoms with van der Waals surface area (Å²) in [5.41, 5.74) is 2.21. The Morgan fingerprint density at radius 1 is 1.28 bits per heavy atom. The number of nitrogens with zero attached hydrogens (tertiary/aromatic N) is 3. The molecule has 3 rings (SSSR count). The van der Waals surface area contributed by atoms with Gasteiger partial charge in [0.1, 0.15) is 12.4 Å². The van der Waals surface area contributed by atoms with Gasteiger partial charge in [-0.2, -0.15) is 0 Å². The number of hydrogen-bond donors (Lipinski definition) is 1. The number of carbonyl (C=O) groups excluding carboxylic acids is 1. The highest BCUT2D eigenvalue weighted by Gasteiger charge is 2.14. The Labute approximate surface area is 174 Å². The van der Waals surface area contributed by atoms with Crippen molar-refractivity contribution < 1.29 is 13.9 Å². The first-order valence-corrected chi connectivity index (χ1v) is 10.7. The van der Waals surface area contributed by atoms with Crippen LogP contribution >= 0.6 is 11.8 Å². The van der Waals surface area contributed by atoms with Crippen molar-refractivity contribution >= 4 is 17.7 Å². The molecule has 1 amide bonds. The molecule has 2 aromatic heterocycles. The third-order valence-corrected chi connectivity index (χ3v) is 5.22. The third-order valence-electron chi connectivity index (χ3n) is 4.25. The number of aromatic nitrogens is 3. The zero-order valence-corrected chi connectivity index (χ0v) is 17.6. The van der Waals surface area contributed by atoms with Gasteiger partial charge in [0.2, 0.25) is 5.91 Å². The summed E-state index contributed by atoms with van der Waals surface area (Å²) in [5, 5.41) is 12.3. The molecule has 0 aliphatic carbocycles. The van der Waals surface area contributed by atoms with Crippen molar-refractivity contribution in [2.24, 2.45) is 0 Å². The average molecular weight is 415 g/mol. The summed E-state index contributed by atoms with van der Waals surface area (Å²) in [7, 11) is 0. The maximum atomic E-state index is 12.1. The first-order chi connectivity index (χ1) is 14.2. The van der Waals surface area contributed by atoms with Gasteiger partial charge in [0, 0.05) is 25.3 Å². The number of aryl methyl sites for hydroxylation is 1. The molecule has 0 atom stereocenters. The van der Waals surface area contributed by atoms with Gasteiger partial charge in [-0.1, -0.05) is 35.5 Å². The molecule has 0 radical (unpaired) electrons. The summed E-state index contributed by atoms with van der Waals surface area (Å²) in [4.78, 5) is 12.1. The summed E-state index contributed by atoms with van der Waals surface area (Å²) in [6.45, 7) is 6.44. The van der Waals surface area contributed by atoms with E-state index < -0.39 is 0 Å². The Balaban J connectivity index is 1.40. The van der Waals surface area contributed by atoms with Crippen LogP contribution in [0, 0.1) is 6.92 Å². The maximum Gasteiger partial charge on any atom is 0.230 e. The lowest BCUT2D eigenvalue weighted by Crippen LogP contribution is -2.27. The Morgan fingerprint density at radius 2 is 2.17 bits per heavy atom. The molecule has 0 unspecified atom stereocenters. The van der Waals surface area contributed by atoms with Gasteiger partial charge >= 0.3 is 0 Å². The molecular weight excluding hydrogens is 388 g/mol. The molecule has 1 aromatic carbocycles. The molecule has 3 aromatic rings. The second-order valence-corrected chi connectivity index (χ2v) is 7.49. The monoisotopic (exact) mass is 414 g/mol. The minimum absolute atomic E-state index is 0.0243. The normalized spacial score (nSPS) is 11.0. The number of ether oxygens (including phenoxy) is 1. The summed E-state index contributed by atoms with van der Waals surface area (Å²) < 4.78 is 12.7. The molecule has 0 saturated carbocycles. The van der Waals surface area contributed by atoms with E-state index in [1.54, 1.807) is 6.26 Å². The van der Waals surface area contributed by atoms with Gasteiger partial charge in [0.15, 0.2) is 11.0 Å². The molecular formula is C21H26N4O3S. The van der Waals surface area contributed by atoms with Crippen LogP contribution in [0.1, 0.15) is 24.7 Å². The van der Waals surface area contributed by atoms with Crippen molar-refractivity contribution in [3.8, 4) is 11.4 Å². The molecule has 0 spiro atoms. The molecule has 0 aliphatic rings. The summed E-state index contributed by atoms with van der Waals surface area (Å²) in [6, 6.07) is 11.9. The van der Waals surface area contributed by atoms with Gasteiger partial charge < -0.3 is 19.0 Å². The molecule has 154 valence electrons. The van der Waals surface area contributed by atoms with E-state index in [0.717, 1.165) is 35.3 Å². The third kappa shape index (κ3) is 6.20. The quantitative estimate of drug-likeness (QED) is 0.381. The van der Waals surface area contributed by atoms with Crippen LogP contribution in [0.4, 0.5) is 0 Å². The molecule has 0 fully saturated rings. The highest BCUT2D eigenvalue weighted by Crippen LogP contribution is 2.24. The molecule has 8 heteroatoms. The first kappa shape index (κ1) is 21.1. The Bertz CT molecular complexity index is 909. The standard InChI is InChI=1S/C21H26N4O3S/c1-3-25-20(17-8-4-7-16(2)13-17)23-24-21(25)29-15-19(26)22-10-6-11-27-14-18-9-5-12-28-18/h4-5,7-9,12-13H,3,6,10-11,14-15H2,1-2H3,(H,22,26). The van der Waals surface area contributed by atoms with E-state index in [0.29, 0.717) is 25.5 Å². The molecule has 0 aliphatic heterocycles. The van der Waals surface area contributed by atoms with Crippen molar-refractivity contribution in [2.45, 2.75) is 38.6 Å². The number of amides is 1. The molecule has 2 heterocycles. The predicted molar refractivity (Wildman–Crippen MR) is 113 cm³/mol. The molecule has 0 bridgehead atoms. The van der Waals surface area contributed by atoms with Crippen molar-refractivity contribution in [3.05, 3.63) is 54.0 Å². The van der Waals surface area contributed by atoms with E-state index in [-0.39, 0.29) is 5.91 Å². The average Bonchev–Trinajstić information content (AvgIpc) is 3.38. The number of nitrogens with one attached hydrogen (secondary N) is 1. The van der Waals surface area contributed by atoms with Gasteiger partial charge in [-0.25, -0.2) is 0 Å². The van der Waals surface area contributed by atoms with Crippen LogP contribution in [0.3, 0.4) is 0 Å². The van der Waals surface area contributed by atoms with Crippen LogP contribution in [0.2, 0.25) is 0 Å². The zero-order chi connectivity index (χ0) is 20.5. The topological polar surface area (TPSA) is 82.2 Å². The lowest BCUT2D eigenvalue weighted by atomic mass is 10.1. The number of thioether (sulfide) groups is 1. The van der Waals surface area contributed by atoms with Crippen molar-refractivity contribution in [3.63, 3.8) is 0 Å². The molecule has 7 nitrogen and oxygen atoms in total. The second-order valence-electron chi connectivity index (χ2n) is 6.54. The van der Waals surface area contributed by atoms with Crippen LogP contribution in [0.25, 0.3) is 11.4 Å². The van der Waals surface area contributed by atoms with E-state index in [2.05, 4.69) is 41.5 Å². The number of hydrogen-bond acceptors (Lipinski definition) is 6. The number of carbonyl (C=O) groups is 1. The molecule has 29 heavy (non-hydrogen) atoms. The second kappa shape index (κ2) is 10.8. The minimum Gasteiger partial charge on any atom is -0.467 e. The minimum atomic E-state index is -0.0243. The van der Waals surface area contributed by atoms with Crippen LogP contribution in [0.15, 0.2) is 52.2 Å². The van der Waals surface area contributed by atoms with Crippen LogP contribution < -0.4 is 5.32 Å². The Hall–Kier alpha value is -2.58. The van der Waals surface area contributed by atoms with Gasteiger partial charge in [0.05, 0.1) is 12.0 Å². The predicted octanol–water partition coefficient (Wildman–Crippen LogP) is 3.68. The van der Waals surface area contributed by atoms with E-state index >= 15 is 0 Å². The van der Waals surface area contributed by atoms with Crippen LogP contribution in [-0.4, -0.2) is 39.6 Å². The summed E-state index contributed by atoms with van der Waals surface area (Å²) >= 11 is 1.40. The smallest absolute Gasteiger partial charge is 0.230 e. The zero-order valence-electron chi connectivity index (χ0n) is 16.8. The van der Waals surface area contributed by atoms with E-state index in [1.165, 1.54) is 17.3 Å². The summed E-state index contributed by atoms with van der Waals surface area (Å²) in [6.07, 6.45) is 2.37. The Kier molecular flexibility index (Phi) is 7.89. The van der Waals surface area contributed by atoms with Crippen LogP contribution in [0.5, 0.6) is 0 Å². The van der Waals surface area contributed by atoms with Gasteiger partial charge in [0.25, 0.3) is 0 Å². The van der Waals surface area contributed by atoms with Gasteiger partial charge in [-0.05, 0) is 38.5 Å². The lowest BCUT2D eigenvalue weighted by molar-refractivity contribution is -0.118. The summed E-state index contributed by atoms with van der Waals surface area (Å²) in [5.74, 6) is 1.91. The fourth-order valence-corrected chi connectivity index (χ4v) is 3.66. The number of furan rings is 1. The van der Waals surface area contributed by atoms with Crippen molar-refractivity contribution in [2.75, 3.05) is 18.9 Å². The van der Waals surface area contributed by atoms with E-state index in [1.807, 2.05) is 28.8 Å². The van der Waals surface area contributed by atoms with E-state index in [4.69, 9.17) is 9.15 Å². The number of rotatable bonds is 11. The highest BCUT2D eigenvalue weighted by molar-refractivity contribution is 7.99. The van der Waals surface area contributed by atoms with Gasteiger partial charge in [-0.3, -0.25) is 4.79 Å². The lowest BCUT2D eigenvalue weighted by Gasteiger charge is -2.08. The Morgan fingerprint density at radius 3 is 2.93 bits per heavy atom. The fourth-order valence-electron chi connectivity index (χ4n) is 2.83. The SMILES string of the molecule is CCn1c(SCC(=O)NCCCOCc2ccco2)nnc1-c1cccc(C)c1. The van der Waals surface area contributed by atoms with Crippen molar-refractivity contribution in [1.29, 1.82) is 0 Å². The van der Waals surface area contributed by atoms with Crippen LogP contribution in [-0.2, 0) is 22.7 Å². The molecule has 0 saturated heterocycles. The largest absolute Gasteiger partial charge is 0.467 e. The first-order valence-electron chi connectivity index (χ1n) is 9.67.